The molecule has 4 rings (SSSR count). The fraction of sp³-hybridized carbons (Fsp3) is 0.138. The normalized spacial score (nSPS) is 10.3. The molecule has 0 aliphatic rings. The second-order valence-corrected chi connectivity index (χ2v) is 7.72. The van der Waals surface area contributed by atoms with Gasteiger partial charge in [0.15, 0.2) is 6.29 Å². The van der Waals surface area contributed by atoms with E-state index in [9.17, 15) is 4.79 Å². The molecule has 0 aliphatic carbocycles. The first kappa shape index (κ1) is 22.2. The van der Waals surface area contributed by atoms with Crippen molar-refractivity contribution in [2.45, 2.75) is 20.0 Å². The number of aryl methyl sites for hydroxylation is 1. The van der Waals surface area contributed by atoms with Gasteiger partial charge in [-0.3, -0.25) is 9.69 Å². The van der Waals surface area contributed by atoms with Gasteiger partial charge in [0.1, 0.15) is 0 Å². The lowest BCUT2D eigenvalue weighted by molar-refractivity contribution is 0.112. The van der Waals surface area contributed by atoms with E-state index in [4.69, 9.17) is 0 Å². The highest BCUT2D eigenvalue weighted by molar-refractivity contribution is 5.87. The zero-order valence-corrected chi connectivity index (χ0v) is 18.2. The molecule has 0 heterocycles. The smallest absolute Gasteiger partial charge is 0.150 e. The molecule has 2 nitrogen and oxygen atoms in total. The maximum atomic E-state index is 10.9. The van der Waals surface area contributed by atoms with Crippen LogP contribution in [-0.4, -0.2) is 18.2 Å². The predicted molar refractivity (Wildman–Crippen MR) is 130 cm³/mol. The third-order valence-electron chi connectivity index (χ3n) is 5.01. The molecule has 0 bridgehead atoms. The van der Waals surface area contributed by atoms with Gasteiger partial charge in [0.25, 0.3) is 0 Å². The molecule has 0 amide bonds. The first-order chi connectivity index (χ1) is 15.2. The number of carbonyl (C=O) groups excluding carboxylic acids is 1. The van der Waals surface area contributed by atoms with Gasteiger partial charge in [-0.25, -0.2) is 0 Å². The Bertz CT molecular complexity index is 1030. The largest absolute Gasteiger partial charge is 0.298 e. The predicted octanol–water partition coefficient (Wildman–Crippen LogP) is 6.79. The van der Waals surface area contributed by atoms with E-state index < -0.39 is 0 Å². The van der Waals surface area contributed by atoms with Crippen molar-refractivity contribution >= 4 is 6.29 Å². The average molecular weight is 408 g/mol. The van der Waals surface area contributed by atoms with Crippen LogP contribution in [0.1, 0.15) is 27.0 Å². The standard InChI is InChI=1S/C15H17N.C14H12O/c1-16(12-14-8-4-2-5-9-14)13-15-10-6-3-7-11-15;1-11-5-4-7-12(9-11)14-8-3-2-6-13(14)10-15/h2-11H,12-13H2,1H3;2-10H,1H3. The quantitative estimate of drug-likeness (QED) is 0.328. The molecule has 0 atom stereocenters. The van der Waals surface area contributed by atoms with Crippen molar-refractivity contribution in [2.75, 3.05) is 7.05 Å². The first-order valence-electron chi connectivity index (χ1n) is 10.5. The van der Waals surface area contributed by atoms with E-state index in [2.05, 4.69) is 78.7 Å². The molecule has 2 heteroatoms. The minimum atomic E-state index is 0.739. The van der Waals surface area contributed by atoms with E-state index in [1.165, 1.54) is 16.7 Å². The maximum Gasteiger partial charge on any atom is 0.150 e. The average Bonchev–Trinajstić information content (AvgIpc) is 2.81. The van der Waals surface area contributed by atoms with Gasteiger partial charge in [-0.2, -0.15) is 0 Å². The second-order valence-electron chi connectivity index (χ2n) is 7.72. The van der Waals surface area contributed by atoms with Crippen LogP contribution >= 0.6 is 0 Å². The van der Waals surface area contributed by atoms with Gasteiger partial charge < -0.3 is 0 Å². The first-order valence-corrected chi connectivity index (χ1v) is 10.5. The van der Waals surface area contributed by atoms with E-state index >= 15 is 0 Å². The van der Waals surface area contributed by atoms with E-state index in [1.54, 1.807) is 0 Å². The van der Waals surface area contributed by atoms with Crippen LogP contribution in [0.5, 0.6) is 0 Å². The third-order valence-corrected chi connectivity index (χ3v) is 5.01. The molecule has 31 heavy (non-hydrogen) atoms. The molecule has 4 aromatic rings. The summed E-state index contributed by atoms with van der Waals surface area (Å²) in [6, 6.07) is 36.9. The number of hydrogen-bond acceptors (Lipinski definition) is 2. The molecular formula is C29H29NO. The Balaban J connectivity index is 0.000000176. The minimum Gasteiger partial charge on any atom is -0.298 e. The van der Waals surface area contributed by atoms with Crippen LogP contribution in [-0.2, 0) is 13.1 Å². The third kappa shape index (κ3) is 7.06. The van der Waals surface area contributed by atoms with Crippen molar-refractivity contribution in [3.8, 4) is 11.1 Å². The summed E-state index contributed by atoms with van der Waals surface area (Å²) in [5.41, 5.74) is 6.76. The van der Waals surface area contributed by atoms with Crippen LogP contribution in [0.15, 0.2) is 109 Å². The summed E-state index contributed by atoms with van der Waals surface area (Å²) in [6.07, 6.45) is 0.900. The molecule has 156 valence electrons. The highest BCUT2D eigenvalue weighted by Gasteiger charge is 2.03. The van der Waals surface area contributed by atoms with E-state index in [0.29, 0.717) is 0 Å². The Morgan fingerprint density at radius 1 is 0.677 bits per heavy atom. The van der Waals surface area contributed by atoms with Gasteiger partial charge in [0.2, 0.25) is 0 Å². The SMILES string of the molecule is CN(Cc1ccccc1)Cc1ccccc1.Cc1cccc(-c2ccccc2C=O)c1. The zero-order chi connectivity index (χ0) is 21.9. The lowest BCUT2D eigenvalue weighted by atomic mass is 9.99. The highest BCUT2D eigenvalue weighted by Crippen LogP contribution is 2.23. The number of benzene rings is 4. The van der Waals surface area contributed by atoms with Crippen LogP contribution in [0.2, 0.25) is 0 Å². The molecule has 0 fully saturated rings. The van der Waals surface area contributed by atoms with Crippen LogP contribution in [0, 0.1) is 6.92 Å². The highest BCUT2D eigenvalue weighted by atomic mass is 16.1. The molecule has 0 saturated carbocycles. The summed E-state index contributed by atoms with van der Waals surface area (Å²) < 4.78 is 0. The monoisotopic (exact) mass is 407 g/mol. The Morgan fingerprint density at radius 2 is 1.23 bits per heavy atom. The minimum absolute atomic E-state index is 0.739. The van der Waals surface area contributed by atoms with Crippen molar-refractivity contribution < 1.29 is 4.79 Å². The Morgan fingerprint density at radius 3 is 1.77 bits per heavy atom. The van der Waals surface area contributed by atoms with Crippen molar-refractivity contribution in [1.82, 2.24) is 4.90 Å². The molecule has 0 N–H and O–H groups in total. The van der Waals surface area contributed by atoms with Gasteiger partial charge >= 0.3 is 0 Å². The molecule has 0 radical (unpaired) electrons. The fourth-order valence-electron chi connectivity index (χ4n) is 3.52. The lowest BCUT2D eigenvalue weighted by Gasteiger charge is -2.16. The van der Waals surface area contributed by atoms with Crippen molar-refractivity contribution in [3.63, 3.8) is 0 Å². The van der Waals surface area contributed by atoms with Crippen LogP contribution < -0.4 is 0 Å². The molecule has 0 aliphatic heterocycles. The number of nitrogens with zero attached hydrogens (tertiary/aromatic N) is 1. The zero-order valence-electron chi connectivity index (χ0n) is 18.2. The van der Waals surface area contributed by atoms with Crippen LogP contribution in [0.3, 0.4) is 0 Å². The fourth-order valence-corrected chi connectivity index (χ4v) is 3.52. The number of aldehydes is 1. The summed E-state index contributed by atoms with van der Waals surface area (Å²) in [6.45, 7) is 4.04. The van der Waals surface area contributed by atoms with Gasteiger partial charge in [0, 0.05) is 18.7 Å². The van der Waals surface area contributed by atoms with E-state index in [-0.39, 0.29) is 0 Å². The maximum absolute atomic E-state index is 10.9. The van der Waals surface area contributed by atoms with Crippen molar-refractivity contribution in [2.24, 2.45) is 0 Å². The number of hydrogen-bond donors (Lipinski definition) is 0. The molecule has 4 aromatic carbocycles. The van der Waals surface area contributed by atoms with E-state index in [0.717, 1.165) is 36.1 Å². The summed E-state index contributed by atoms with van der Waals surface area (Å²) in [7, 11) is 2.15. The number of carbonyl (C=O) groups is 1. The van der Waals surface area contributed by atoms with Gasteiger partial charge in [-0.05, 0) is 36.2 Å². The van der Waals surface area contributed by atoms with Crippen molar-refractivity contribution in [1.29, 1.82) is 0 Å². The Kier molecular flexibility index (Phi) is 8.33. The Hall–Kier alpha value is -3.49. The number of rotatable bonds is 6. The van der Waals surface area contributed by atoms with Crippen LogP contribution in [0.25, 0.3) is 11.1 Å². The second kappa shape index (κ2) is 11.6. The Labute approximate surface area is 185 Å². The van der Waals surface area contributed by atoms with Gasteiger partial charge in [-0.15, -0.1) is 0 Å². The van der Waals surface area contributed by atoms with Gasteiger partial charge in [0.05, 0.1) is 0 Å². The van der Waals surface area contributed by atoms with Gasteiger partial charge in [-0.1, -0.05) is 115 Å². The summed E-state index contributed by atoms with van der Waals surface area (Å²) in [5, 5.41) is 0. The molecule has 0 spiro atoms. The molecule has 0 aromatic heterocycles. The summed E-state index contributed by atoms with van der Waals surface area (Å²) >= 11 is 0. The topological polar surface area (TPSA) is 20.3 Å². The van der Waals surface area contributed by atoms with Crippen molar-refractivity contribution in [3.05, 3.63) is 131 Å². The van der Waals surface area contributed by atoms with Crippen LogP contribution in [0.4, 0.5) is 0 Å². The molecule has 0 unspecified atom stereocenters. The van der Waals surface area contributed by atoms with E-state index in [1.807, 2.05) is 49.4 Å². The summed E-state index contributed by atoms with van der Waals surface area (Å²) in [4.78, 5) is 13.2. The lowest BCUT2D eigenvalue weighted by Crippen LogP contribution is -2.16. The molecule has 0 saturated heterocycles. The summed E-state index contributed by atoms with van der Waals surface area (Å²) in [5.74, 6) is 0. The molecular weight excluding hydrogens is 378 g/mol.